The van der Waals surface area contributed by atoms with Crippen LogP contribution in [0.2, 0.25) is 0 Å². The van der Waals surface area contributed by atoms with Crippen molar-refractivity contribution >= 4 is 37.4 Å². The molecule has 2 aromatic carbocycles. The number of hydrogen-bond donors (Lipinski definition) is 0. The number of fused-ring (bicyclic) bond motifs is 2. The molecule has 0 spiro atoms. The van der Waals surface area contributed by atoms with Crippen molar-refractivity contribution in [2.45, 2.75) is 17.7 Å². The highest BCUT2D eigenvalue weighted by atomic mass is 32.2. The van der Waals surface area contributed by atoms with Crippen molar-refractivity contribution in [3.8, 4) is 0 Å². The zero-order valence-corrected chi connectivity index (χ0v) is 17.6. The molecule has 0 amide bonds. The van der Waals surface area contributed by atoms with E-state index in [1.807, 2.05) is 36.4 Å². The summed E-state index contributed by atoms with van der Waals surface area (Å²) in [6.45, 7) is 1.99. The van der Waals surface area contributed by atoms with Crippen LogP contribution in [0.5, 0.6) is 0 Å². The molecule has 0 aliphatic carbocycles. The highest BCUT2D eigenvalue weighted by Gasteiger charge is 2.23. The second kappa shape index (κ2) is 7.38. The summed E-state index contributed by atoms with van der Waals surface area (Å²) < 4.78 is 28.7. The van der Waals surface area contributed by atoms with E-state index in [1.165, 1.54) is 9.55 Å². The first-order valence-corrected chi connectivity index (χ1v) is 11.6. The van der Waals surface area contributed by atoms with E-state index < -0.39 is 10.0 Å². The molecule has 0 bridgehead atoms. The molecule has 0 unspecified atom stereocenters. The SMILES string of the molecule is CN1CCC=C(c2cn(S(=O)(=O)c3ccc4ncccc4c3)c3ccccc23)CC1. The van der Waals surface area contributed by atoms with Crippen LogP contribution in [0.15, 0.2) is 78.0 Å². The zero-order chi connectivity index (χ0) is 20.7. The van der Waals surface area contributed by atoms with Crippen molar-refractivity contribution in [3.63, 3.8) is 0 Å². The third kappa shape index (κ3) is 3.22. The lowest BCUT2D eigenvalue weighted by Crippen LogP contribution is -2.18. The largest absolute Gasteiger partial charge is 0.306 e. The molecule has 3 heterocycles. The molecule has 5 nitrogen and oxygen atoms in total. The minimum Gasteiger partial charge on any atom is -0.306 e. The Morgan fingerprint density at radius 3 is 2.77 bits per heavy atom. The second-order valence-electron chi connectivity index (χ2n) is 7.79. The lowest BCUT2D eigenvalue weighted by molar-refractivity contribution is 0.355. The number of hydrogen-bond acceptors (Lipinski definition) is 4. The van der Waals surface area contributed by atoms with Crippen molar-refractivity contribution in [1.82, 2.24) is 13.9 Å². The maximum atomic E-state index is 13.6. The third-order valence-corrected chi connectivity index (χ3v) is 7.49. The summed E-state index contributed by atoms with van der Waals surface area (Å²) in [6.07, 6.45) is 7.64. The van der Waals surface area contributed by atoms with E-state index in [0.717, 1.165) is 47.8 Å². The Labute approximate surface area is 176 Å². The van der Waals surface area contributed by atoms with Gasteiger partial charge in [-0.25, -0.2) is 12.4 Å². The average Bonchev–Trinajstić information content (AvgIpc) is 3.03. The smallest absolute Gasteiger partial charge is 0.268 e. The summed E-state index contributed by atoms with van der Waals surface area (Å²) >= 11 is 0. The van der Waals surface area contributed by atoms with Gasteiger partial charge in [-0.15, -0.1) is 0 Å². The molecule has 1 aliphatic heterocycles. The van der Waals surface area contributed by atoms with Gasteiger partial charge in [0.05, 0.1) is 15.9 Å². The van der Waals surface area contributed by atoms with Gasteiger partial charge in [0, 0.05) is 41.8 Å². The standard InChI is InChI=1S/C24H23N3O2S/c1-26-14-5-7-18(12-15-26)22-17-27(24-9-3-2-8-21(22)24)30(28,29)20-10-11-23-19(16-20)6-4-13-25-23/h2-4,6-11,13,16-17H,5,12,14-15H2,1H3. The molecule has 0 fully saturated rings. The van der Waals surface area contributed by atoms with Gasteiger partial charge in [-0.3, -0.25) is 4.98 Å². The Balaban J connectivity index is 1.67. The fraction of sp³-hybridized carbons (Fsp3) is 0.208. The van der Waals surface area contributed by atoms with E-state index in [4.69, 9.17) is 0 Å². The molecule has 2 aromatic heterocycles. The van der Waals surface area contributed by atoms with E-state index in [9.17, 15) is 8.42 Å². The second-order valence-corrected chi connectivity index (χ2v) is 9.60. The molecule has 5 rings (SSSR count). The highest BCUT2D eigenvalue weighted by molar-refractivity contribution is 7.90. The lowest BCUT2D eigenvalue weighted by atomic mass is 10.0. The number of aromatic nitrogens is 2. The van der Waals surface area contributed by atoms with E-state index in [-0.39, 0.29) is 4.90 Å². The van der Waals surface area contributed by atoms with Crippen molar-refractivity contribution < 1.29 is 8.42 Å². The first-order valence-electron chi connectivity index (χ1n) is 10.1. The topological polar surface area (TPSA) is 55.2 Å². The van der Waals surface area contributed by atoms with E-state index in [1.54, 1.807) is 30.6 Å². The number of nitrogens with zero attached hydrogens (tertiary/aromatic N) is 3. The van der Waals surface area contributed by atoms with Crippen molar-refractivity contribution in [2.75, 3.05) is 20.1 Å². The van der Waals surface area contributed by atoms with Crippen LogP contribution in [0.3, 0.4) is 0 Å². The van der Waals surface area contributed by atoms with Crippen LogP contribution in [-0.2, 0) is 10.0 Å². The first-order chi connectivity index (χ1) is 14.5. The normalized spacial score (nSPS) is 16.0. The molecule has 0 saturated carbocycles. The molecular formula is C24H23N3O2S. The van der Waals surface area contributed by atoms with E-state index in [2.05, 4.69) is 23.0 Å². The summed E-state index contributed by atoms with van der Waals surface area (Å²) in [4.78, 5) is 6.87. The molecule has 6 heteroatoms. The molecule has 0 saturated heterocycles. The van der Waals surface area contributed by atoms with Crippen LogP contribution >= 0.6 is 0 Å². The molecule has 0 N–H and O–H groups in total. The Morgan fingerprint density at radius 1 is 1.00 bits per heavy atom. The van der Waals surface area contributed by atoms with Crippen molar-refractivity contribution in [1.29, 1.82) is 0 Å². The lowest BCUT2D eigenvalue weighted by Gasteiger charge is -2.12. The Morgan fingerprint density at radius 2 is 1.87 bits per heavy atom. The maximum Gasteiger partial charge on any atom is 0.268 e. The molecule has 152 valence electrons. The van der Waals surface area contributed by atoms with Crippen LogP contribution in [0.1, 0.15) is 18.4 Å². The summed E-state index contributed by atoms with van der Waals surface area (Å²) in [5, 5.41) is 1.78. The molecular weight excluding hydrogens is 394 g/mol. The number of para-hydroxylation sites is 1. The van der Waals surface area contributed by atoms with Crippen LogP contribution < -0.4 is 0 Å². The summed E-state index contributed by atoms with van der Waals surface area (Å²) in [5.41, 5.74) is 3.71. The molecule has 4 aromatic rings. The van der Waals surface area contributed by atoms with Gasteiger partial charge in [-0.05, 0) is 55.8 Å². The highest BCUT2D eigenvalue weighted by Crippen LogP contribution is 2.33. The van der Waals surface area contributed by atoms with E-state index in [0.29, 0.717) is 5.52 Å². The maximum absolute atomic E-state index is 13.6. The van der Waals surface area contributed by atoms with E-state index >= 15 is 0 Å². The molecule has 1 aliphatic rings. The first kappa shape index (κ1) is 19.0. The summed E-state index contributed by atoms with van der Waals surface area (Å²) in [5.74, 6) is 0. The van der Waals surface area contributed by atoms with Crippen LogP contribution in [0.4, 0.5) is 0 Å². The van der Waals surface area contributed by atoms with Crippen molar-refractivity contribution in [2.24, 2.45) is 0 Å². The van der Waals surface area contributed by atoms with Crippen molar-refractivity contribution in [3.05, 3.63) is 78.6 Å². The minimum absolute atomic E-state index is 0.268. The number of rotatable bonds is 3. The minimum atomic E-state index is -3.74. The molecule has 30 heavy (non-hydrogen) atoms. The summed E-state index contributed by atoms with van der Waals surface area (Å²) in [6, 6.07) is 16.5. The Bertz CT molecular complexity index is 1390. The molecule has 0 atom stereocenters. The van der Waals surface area contributed by atoms with Gasteiger partial charge in [0.25, 0.3) is 10.0 Å². The van der Waals surface area contributed by atoms with Gasteiger partial charge in [-0.1, -0.05) is 30.3 Å². The van der Waals surface area contributed by atoms with Gasteiger partial charge in [0.1, 0.15) is 0 Å². The van der Waals surface area contributed by atoms with Crippen LogP contribution in [0.25, 0.3) is 27.4 Å². The third-order valence-electron chi connectivity index (χ3n) is 5.82. The fourth-order valence-electron chi connectivity index (χ4n) is 4.16. The Kier molecular flexibility index (Phi) is 4.68. The average molecular weight is 418 g/mol. The quantitative estimate of drug-likeness (QED) is 0.491. The number of pyridine rings is 1. The zero-order valence-electron chi connectivity index (χ0n) is 16.8. The van der Waals surface area contributed by atoms with Crippen LogP contribution in [-0.4, -0.2) is 42.4 Å². The van der Waals surface area contributed by atoms with Crippen LogP contribution in [0, 0.1) is 0 Å². The number of benzene rings is 2. The summed E-state index contributed by atoms with van der Waals surface area (Å²) in [7, 11) is -1.62. The van der Waals surface area contributed by atoms with Gasteiger partial charge >= 0.3 is 0 Å². The predicted molar refractivity (Wildman–Crippen MR) is 121 cm³/mol. The monoisotopic (exact) mass is 417 g/mol. The molecule has 0 radical (unpaired) electrons. The predicted octanol–water partition coefficient (Wildman–Crippen LogP) is 4.54. The fourth-order valence-corrected chi connectivity index (χ4v) is 5.57. The van der Waals surface area contributed by atoms with Gasteiger partial charge < -0.3 is 4.90 Å². The Hall–Kier alpha value is -2.96. The van der Waals surface area contributed by atoms with Gasteiger partial charge in [-0.2, -0.15) is 0 Å². The van der Waals surface area contributed by atoms with Gasteiger partial charge in [0.2, 0.25) is 0 Å². The van der Waals surface area contributed by atoms with Gasteiger partial charge in [0.15, 0.2) is 0 Å².